The lowest BCUT2D eigenvalue weighted by Crippen LogP contribution is -2.42. The van der Waals surface area contributed by atoms with Gasteiger partial charge in [0.05, 0.1) is 30.5 Å². The third kappa shape index (κ3) is 3.59. The summed E-state index contributed by atoms with van der Waals surface area (Å²) >= 11 is 0. The topological polar surface area (TPSA) is 138 Å². The van der Waals surface area contributed by atoms with Gasteiger partial charge in [-0.15, -0.1) is 0 Å². The number of nitrogens with one attached hydrogen (secondary N) is 2. The number of nitrogen functional groups attached to an aromatic ring is 1. The molecule has 0 aliphatic carbocycles. The van der Waals surface area contributed by atoms with Gasteiger partial charge in [0.1, 0.15) is 11.8 Å². The molecular formula is C19H17N3O7. The molecule has 0 saturated carbocycles. The Labute approximate surface area is 164 Å². The number of anilines is 2. The Hall–Kier alpha value is -3.95. The smallest absolute Gasteiger partial charge is 0.308 e. The number of benzene rings is 2. The van der Waals surface area contributed by atoms with Gasteiger partial charge in [-0.1, -0.05) is 0 Å². The molecule has 0 aromatic heterocycles. The van der Waals surface area contributed by atoms with E-state index in [0.29, 0.717) is 17.2 Å². The number of carbonyl (C=O) groups excluding carboxylic acids is 3. The Bertz CT molecular complexity index is 1020. The minimum Gasteiger partial charge on any atom is -0.469 e. The van der Waals surface area contributed by atoms with E-state index >= 15 is 0 Å². The Morgan fingerprint density at radius 1 is 1.21 bits per heavy atom. The first-order chi connectivity index (χ1) is 13.9. The minimum atomic E-state index is -1.07. The van der Waals surface area contributed by atoms with E-state index in [0.717, 1.165) is 0 Å². The predicted molar refractivity (Wildman–Crippen MR) is 100 cm³/mol. The Morgan fingerprint density at radius 2 is 2.00 bits per heavy atom. The minimum absolute atomic E-state index is 0.131. The van der Waals surface area contributed by atoms with E-state index in [-0.39, 0.29) is 35.9 Å². The van der Waals surface area contributed by atoms with Crippen LogP contribution in [-0.2, 0) is 14.3 Å². The second-order valence-corrected chi connectivity index (χ2v) is 6.35. The number of ether oxygens (including phenoxy) is 4. The van der Waals surface area contributed by atoms with E-state index in [1.807, 2.05) is 0 Å². The van der Waals surface area contributed by atoms with Gasteiger partial charge in [0.15, 0.2) is 17.2 Å². The molecule has 0 bridgehead atoms. The van der Waals surface area contributed by atoms with Gasteiger partial charge in [0, 0.05) is 6.07 Å². The first-order valence-electron chi connectivity index (χ1n) is 8.64. The lowest BCUT2D eigenvalue weighted by Gasteiger charge is -2.13. The summed E-state index contributed by atoms with van der Waals surface area (Å²) in [4.78, 5) is 36.4. The highest BCUT2D eigenvalue weighted by Crippen LogP contribution is 2.39. The molecule has 4 N–H and O–H groups in total. The highest BCUT2D eigenvalue weighted by Gasteiger charge is 2.31. The zero-order valence-corrected chi connectivity index (χ0v) is 15.3. The third-order valence-corrected chi connectivity index (χ3v) is 4.44. The van der Waals surface area contributed by atoms with Crippen molar-refractivity contribution in [2.45, 2.75) is 12.5 Å². The fourth-order valence-corrected chi connectivity index (χ4v) is 2.96. The molecule has 1 atom stereocenters. The predicted octanol–water partition coefficient (Wildman–Crippen LogP) is 1.40. The van der Waals surface area contributed by atoms with Crippen molar-refractivity contribution >= 4 is 29.2 Å². The maximum atomic E-state index is 12.6. The van der Waals surface area contributed by atoms with Crippen LogP contribution in [0.15, 0.2) is 30.3 Å². The molecule has 2 aliphatic rings. The van der Waals surface area contributed by atoms with Crippen LogP contribution in [0.25, 0.3) is 0 Å². The SMILES string of the molecule is COC(=O)C[C@@H]1NC(=O)c2cc(Oc3ccc4c(c3)OCO4)c(N)cc2NC1=O. The molecule has 0 fully saturated rings. The van der Waals surface area contributed by atoms with Crippen molar-refractivity contribution in [3.8, 4) is 23.0 Å². The largest absolute Gasteiger partial charge is 0.469 e. The number of amides is 2. The van der Waals surface area contributed by atoms with E-state index in [1.54, 1.807) is 18.2 Å². The van der Waals surface area contributed by atoms with Gasteiger partial charge in [0.2, 0.25) is 12.7 Å². The summed E-state index contributed by atoms with van der Waals surface area (Å²) in [6, 6.07) is 6.79. The fraction of sp³-hybridized carbons (Fsp3) is 0.211. The molecule has 2 amide bonds. The Kier molecular flexibility index (Phi) is 4.59. The molecule has 4 rings (SSSR count). The zero-order valence-electron chi connectivity index (χ0n) is 15.3. The van der Waals surface area contributed by atoms with Crippen molar-refractivity contribution in [2.24, 2.45) is 0 Å². The summed E-state index contributed by atoms with van der Waals surface area (Å²) < 4.78 is 20.9. The van der Waals surface area contributed by atoms with Crippen molar-refractivity contribution in [2.75, 3.05) is 25.0 Å². The average Bonchev–Trinajstić information content (AvgIpc) is 3.12. The quantitative estimate of drug-likeness (QED) is 0.518. The normalized spacial score (nSPS) is 16.9. The van der Waals surface area contributed by atoms with Crippen LogP contribution in [0, 0.1) is 0 Å². The standard InChI is InChI=1S/C19H17N3O7/c1-26-17(23)7-13-19(25)21-12-6-11(20)15(5-10(12)18(24)22-13)29-9-2-3-14-16(4-9)28-8-27-14/h2-6,13H,7-8,20H2,1H3,(H,21,25)(H,22,24)/t13-/m0/s1. The molecule has 10 heteroatoms. The van der Waals surface area contributed by atoms with Crippen molar-refractivity contribution < 1.29 is 33.3 Å². The van der Waals surface area contributed by atoms with E-state index in [4.69, 9.17) is 19.9 Å². The zero-order chi connectivity index (χ0) is 20.5. The average molecular weight is 399 g/mol. The summed E-state index contributed by atoms with van der Waals surface area (Å²) in [5, 5.41) is 5.11. The molecular weight excluding hydrogens is 382 g/mol. The van der Waals surface area contributed by atoms with Crippen LogP contribution in [0.1, 0.15) is 16.8 Å². The summed E-state index contributed by atoms with van der Waals surface area (Å²) in [5.74, 6) is 0.0651. The van der Waals surface area contributed by atoms with Gasteiger partial charge in [-0.3, -0.25) is 14.4 Å². The summed E-state index contributed by atoms with van der Waals surface area (Å²) in [5.41, 5.74) is 6.62. The number of hydrogen-bond acceptors (Lipinski definition) is 8. The van der Waals surface area contributed by atoms with Crippen molar-refractivity contribution in [1.82, 2.24) is 5.32 Å². The maximum Gasteiger partial charge on any atom is 0.308 e. The number of nitrogens with two attached hydrogens (primary N) is 1. The second kappa shape index (κ2) is 7.23. The van der Waals surface area contributed by atoms with E-state index in [9.17, 15) is 14.4 Å². The third-order valence-electron chi connectivity index (χ3n) is 4.44. The van der Waals surface area contributed by atoms with Crippen molar-refractivity contribution in [3.05, 3.63) is 35.9 Å². The summed E-state index contributed by atoms with van der Waals surface area (Å²) in [7, 11) is 1.20. The molecule has 0 unspecified atom stereocenters. The van der Waals surface area contributed by atoms with Crippen LogP contribution in [0.5, 0.6) is 23.0 Å². The molecule has 150 valence electrons. The number of methoxy groups -OCH3 is 1. The Morgan fingerprint density at radius 3 is 2.79 bits per heavy atom. The Balaban J connectivity index is 1.61. The molecule has 0 radical (unpaired) electrons. The number of hydrogen-bond donors (Lipinski definition) is 3. The monoisotopic (exact) mass is 399 g/mol. The maximum absolute atomic E-state index is 12.6. The number of fused-ring (bicyclic) bond motifs is 2. The first kappa shape index (κ1) is 18.4. The molecule has 2 aliphatic heterocycles. The van der Waals surface area contributed by atoms with Crippen LogP contribution < -0.4 is 30.6 Å². The number of rotatable bonds is 4. The fourth-order valence-electron chi connectivity index (χ4n) is 2.96. The molecule has 29 heavy (non-hydrogen) atoms. The first-order valence-corrected chi connectivity index (χ1v) is 8.64. The summed E-state index contributed by atoms with van der Waals surface area (Å²) in [6.07, 6.45) is -0.294. The molecule has 2 heterocycles. The van der Waals surface area contributed by atoms with Gasteiger partial charge in [0.25, 0.3) is 5.91 Å². The van der Waals surface area contributed by atoms with Gasteiger partial charge in [-0.05, 0) is 24.3 Å². The highest BCUT2D eigenvalue weighted by atomic mass is 16.7. The van der Waals surface area contributed by atoms with Crippen molar-refractivity contribution in [3.63, 3.8) is 0 Å². The van der Waals surface area contributed by atoms with Crippen LogP contribution in [0.2, 0.25) is 0 Å². The molecule has 2 aromatic carbocycles. The van der Waals surface area contributed by atoms with E-state index < -0.39 is 23.8 Å². The van der Waals surface area contributed by atoms with Crippen LogP contribution in [0.4, 0.5) is 11.4 Å². The lowest BCUT2D eigenvalue weighted by atomic mass is 10.1. The van der Waals surface area contributed by atoms with Crippen molar-refractivity contribution in [1.29, 1.82) is 0 Å². The molecule has 0 spiro atoms. The van der Waals surface area contributed by atoms with Gasteiger partial charge >= 0.3 is 5.97 Å². The van der Waals surface area contributed by atoms with E-state index in [2.05, 4.69) is 15.4 Å². The van der Waals surface area contributed by atoms with Crippen LogP contribution >= 0.6 is 0 Å². The number of esters is 1. The number of carbonyl (C=O) groups is 3. The highest BCUT2D eigenvalue weighted by molar-refractivity contribution is 6.11. The van der Waals surface area contributed by atoms with E-state index in [1.165, 1.54) is 19.2 Å². The van der Waals surface area contributed by atoms with Crippen LogP contribution in [-0.4, -0.2) is 37.7 Å². The van der Waals surface area contributed by atoms with Gasteiger partial charge in [-0.2, -0.15) is 0 Å². The molecule has 10 nitrogen and oxygen atoms in total. The molecule has 2 aromatic rings. The second-order valence-electron chi connectivity index (χ2n) is 6.35. The lowest BCUT2D eigenvalue weighted by molar-refractivity contribution is -0.142. The van der Waals surface area contributed by atoms with Gasteiger partial charge < -0.3 is 35.3 Å². The van der Waals surface area contributed by atoms with Crippen LogP contribution in [0.3, 0.4) is 0 Å². The summed E-state index contributed by atoms with van der Waals surface area (Å²) in [6.45, 7) is 0.131. The van der Waals surface area contributed by atoms with Gasteiger partial charge in [-0.25, -0.2) is 0 Å². The molecule has 0 saturated heterocycles.